The highest BCUT2D eigenvalue weighted by Gasteiger charge is 2.54. The summed E-state index contributed by atoms with van der Waals surface area (Å²) < 4.78 is 11.7. The SMILES string of the molecule is CCC1(CC)CC(=O)N([C@@H]2CCOc3ccc(C(=O)NC4C(O)[C@H]5COc6ccccc6C45)cc32)C(=N)N1. The van der Waals surface area contributed by atoms with Crippen molar-refractivity contribution in [1.29, 1.82) is 5.41 Å². The van der Waals surface area contributed by atoms with E-state index in [2.05, 4.69) is 10.6 Å². The molecular formula is C29H34N4O5. The second kappa shape index (κ2) is 9.31. The van der Waals surface area contributed by atoms with Crippen LogP contribution in [-0.4, -0.2) is 58.7 Å². The summed E-state index contributed by atoms with van der Waals surface area (Å²) in [5, 5.41) is 25.8. The number of ether oxygens (including phenoxy) is 2. The van der Waals surface area contributed by atoms with Gasteiger partial charge in [-0.2, -0.15) is 0 Å². The molecule has 0 spiro atoms. The number of nitrogens with one attached hydrogen (secondary N) is 3. The number of fused-ring (bicyclic) bond motifs is 4. The summed E-state index contributed by atoms with van der Waals surface area (Å²) in [6, 6.07) is 12.2. The van der Waals surface area contributed by atoms with Gasteiger partial charge in [0.2, 0.25) is 5.91 Å². The molecule has 2 aromatic carbocycles. The van der Waals surface area contributed by atoms with Crippen LogP contribution >= 0.6 is 0 Å². The van der Waals surface area contributed by atoms with Crippen LogP contribution in [0.4, 0.5) is 0 Å². The van der Waals surface area contributed by atoms with Crippen LogP contribution in [0.3, 0.4) is 0 Å². The monoisotopic (exact) mass is 518 g/mol. The van der Waals surface area contributed by atoms with E-state index in [1.807, 2.05) is 38.1 Å². The summed E-state index contributed by atoms with van der Waals surface area (Å²) >= 11 is 0. The zero-order valence-electron chi connectivity index (χ0n) is 21.7. The lowest BCUT2D eigenvalue weighted by molar-refractivity contribution is -0.133. The first-order chi connectivity index (χ1) is 18.4. The Labute approximate surface area is 222 Å². The van der Waals surface area contributed by atoms with E-state index >= 15 is 0 Å². The molecule has 3 aliphatic heterocycles. The second-order valence-electron chi connectivity index (χ2n) is 10.8. The molecule has 2 aromatic rings. The number of hydrogen-bond acceptors (Lipinski definition) is 6. The predicted molar refractivity (Wildman–Crippen MR) is 140 cm³/mol. The van der Waals surface area contributed by atoms with Gasteiger partial charge in [-0.15, -0.1) is 0 Å². The molecule has 3 heterocycles. The Balaban J connectivity index is 1.24. The molecule has 1 saturated carbocycles. The fourth-order valence-electron chi connectivity index (χ4n) is 6.57. The van der Waals surface area contributed by atoms with Gasteiger partial charge < -0.3 is 25.2 Å². The lowest BCUT2D eigenvalue weighted by Crippen LogP contribution is -2.64. The molecule has 9 nitrogen and oxygen atoms in total. The molecule has 38 heavy (non-hydrogen) atoms. The van der Waals surface area contributed by atoms with Gasteiger partial charge in [0.25, 0.3) is 5.91 Å². The van der Waals surface area contributed by atoms with Gasteiger partial charge >= 0.3 is 0 Å². The number of hydrogen-bond donors (Lipinski definition) is 4. The highest BCUT2D eigenvalue weighted by Crippen LogP contribution is 2.49. The fourth-order valence-corrected chi connectivity index (χ4v) is 6.57. The summed E-state index contributed by atoms with van der Waals surface area (Å²) in [6.45, 7) is 4.91. The van der Waals surface area contributed by atoms with Crippen LogP contribution in [0.1, 0.15) is 73.0 Å². The predicted octanol–water partition coefficient (Wildman–Crippen LogP) is 3.09. The van der Waals surface area contributed by atoms with E-state index in [-0.39, 0.29) is 29.6 Å². The Morgan fingerprint density at radius 3 is 2.68 bits per heavy atom. The molecule has 4 N–H and O–H groups in total. The molecule has 200 valence electrons. The molecular weight excluding hydrogens is 484 g/mol. The van der Waals surface area contributed by atoms with Crippen LogP contribution in [0.5, 0.6) is 11.5 Å². The molecule has 2 fully saturated rings. The molecule has 0 radical (unpaired) electrons. The van der Waals surface area contributed by atoms with Gasteiger partial charge in [-0.3, -0.25) is 19.9 Å². The lowest BCUT2D eigenvalue weighted by Gasteiger charge is -2.52. The minimum Gasteiger partial charge on any atom is -0.493 e. The Morgan fingerprint density at radius 2 is 1.92 bits per heavy atom. The summed E-state index contributed by atoms with van der Waals surface area (Å²) in [4.78, 5) is 28.2. The zero-order valence-corrected chi connectivity index (χ0v) is 21.7. The van der Waals surface area contributed by atoms with Crippen LogP contribution in [0.25, 0.3) is 0 Å². The number of amides is 2. The van der Waals surface area contributed by atoms with Crippen molar-refractivity contribution in [2.45, 2.75) is 69.2 Å². The van der Waals surface area contributed by atoms with Crippen molar-refractivity contribution < 1.29 is 24.2 Å². The maximum Gasteiger partial charge on any atom is 0.251 e. The summed E-state index contributed by atoms with van der Waals surface area (Å²) in [5.41, 5.74) is 1.75. The maximum absolute atomic E-state index is 13.4. The van der Waals surface area contributed by atoms with Gasteiger partial charge in [0, 0.05) is 34.9 Å². The summed E-state index contributed by atoms with van der Waals surface area (Å²) in [5.74, 6) is 1.06. The highest BCUT2D eigenvalue weighted by atomic mass is 16.5. The second-order valence-corrected chi connectivity index (χ2v) is 10.8. The normalized spacial score (nSPS) is 28.9. The average Bonchev–Trinajstić information content (AvgIpc) is 2.94. The molecule has 3 unspecified atom stereocenters. The van der Waals surface area contributed by atoms with Gasteiger partial charge in [0.15, 0.2) is 5.96 Å². The smallest absolute Gasteiger partial charge is 0.251 e. The number of aliphatic hydroxyl groups is 1. The highest BCUT2D eigenvalue weighted by molar-refractivity contribution is 6.00. The van der Waals surface area contributed by atoms with Gasteiger partial charge in [-0.05, 0) is 42.7 Å². The number of nitrogens with zero attached hydrogens (tertiary/aromatic N) is 1. The summed E-state index contributed by atoms with van der Waals surface area (Å²) in [6.07, 6.45) is 1.67. The van der Waals surface area contributed by atoms with Crippen molar-refractivity contribution in [3.05, 3.63) is 59.2 Å². The maximum atomic E-state index is 13.4. The number of aliphatic hydroxyl groups excluding tert-OH is 1. The van der Waals surface area contributed by atoms with Crippen molar-refractivity contribution in [1.82, 2.24) is 15.5 Å². The third-order valence-electron chi connectivity index (χ3n) is 8.99. The van der Waals surface area contributed by atoms with E-state index < -0.39 is 23.7 Å². The molecule has 2 amide bonds. The third-order valence-corrected chi connectivity index (χ3v) is 8.99. The number of guanidine groups is 1. The van der Waals surface area contributed by atoms with Crippen LogP contribution in [0.2, 0.25) is 0 Å². The lowest BCUT2D eigenvalue weighted by atomic mass is 9.62. The largest absolute Gasteiger partial charge is 0.493 e. The van der Waals surface area contributed by atoms with E-state index in [1.165, 1.54) is 4.90 Å². The number of benzene rings is 2. The molecule has 0 aromatic heterocycles. The molecule has 6 rings (SSSR count). The minimum atomic E-state index is -0.694. The minimum absolute atomic E-state index is 0.0116. The van der Waals surface area contributed by atoms with Gasteiger partial charge in [-0.25, -0.2) is 0 Å². The van der Waals surface area contributed by atoms with Crippen LogP contribution in [0.15, 0.2) is 42.5 Å². The topological polar surface area (TPSA) is 124 Å². The van der Waals surface area contributed by atoms with Crippen molar-refractivity contribution in [3.8, 4) is 11.5 Å². The van der Waals surface area contributed by atoms with Crippen LogP contribution in [0, 0.1) is 11.3 Å². The van der Waals surface area contributed by atoms with Crippen molar-refractivity contribution >= 4 is 17.8 Å². The number of carbonyl (C=O) groups is 2. The molecule has 5 atom stereocenters. The zero-order chi connectivity index (χ0) is 26.6. The van der Waals surface area contributed by atoms with E-state index in [9.17, 15) is 14.7 Å². The van der Waals surface area contributed by atoms with Crippen LogP contribution in [-0.2, 0) is 4.79 Å². The van der Waals surface area contributed by atoms with E-state index in [1.54, 1.807) is 18.2 Å². The average molecular weight is 519 g/mol. The Kier molecular flexibility index (Phi) is 6.06. The number of para-hydroxylation sites is 1. The quantitative estimate of drug-likeness (QED) is 0.482. The fraction of sp³-hybridized carbons (Fsp3) is 0.483. The first-order valence-corrected chi connectivity index (χ1v) is 13.5. The molecule has 1 saturated heterocycles. The first-order valence-electron chi connectivity index (χ1n) is 13.5. The van der Waals surface area contributed by atoms with Crippen molar-refractivity contribution in [2.24, 2.45) is 5.92 Å². The van der Waals surface area contributed by atoms with E-state index in [0.717, 1.165) is 24.2 Å². The molecule has 1 aliphatic carbocycles. The van der Waals surface area contributed by atoms with Gasteiger partial charge in [0.1, 0.15) is 11.5 Å². The Hall–Kier alpha value is -3.59. The molecule has 4 aliphatic rings. The molecule has 0 bridgehead atoms. The Bertz CT molecular complexity index is 1270. The van der Waals surface area contributed by atoms with Crippen molar-refractivity contribution in [2.75, 3.05) is 13.2 Å². The standard InChI is InChI=1S/C29H34N4O5/c1-3-29(4-2)14-23(34)33(28(30)32-29)20-11-12-37-22-10-9-16(13-18(20)22)27(36)31-25-24-17-7-5-6-8-21(17)38-15-19(24)26(25)35/h5-10,13,19-20,24-26,35H,3-4,11-12,14-15H2,1-2H3,(H2,30,32)(H,31,36)/t19-,20+,24?,25?,26?/m0/s1. The van der Waals surface area contributed by atoms with Crippen LogP contribution < -0.4 is 20.1 Å². The third kappa shape index (κ3) is 3.83. The van der Waals surface area contributed by atoms with Gasteiger partial charge in [0.05, 0.1) is 37.8 Å². The first kappa shape index (κ1) is 24.7. The molecule has 9 heteroatoms. The number of rotatable bonds is 5. The van der Waals surface area contributed by atoms with Crippen molar-refractivity contribution in [3.63, 3.8) is 0 Å². The van der Waals surface area contributed by atoms with E-state index in [4.69, 9.17) is 14.9 Å². The number of carbonyl (C=O) groups excluding carboxylic acids is 2. The van der Waals surface area contributed by atoms with E-state index in [0.29, 0.717) is 42.9 Å². The summed E-state index contributed by atoms with van der Waals surface area (Å²) in [7, 11) is 0. The van der Waals surface area contributed by atoms with Gasteiger partial charge in [-0.1, -0.05) is 32.0 Å². The Morgan fingerprint density at radius 1 is 1.16 bits per heavy atom.